The lowest BCUT2D eigenvalue weighted by atomic mass is 10.4. The molecule has 0 aliphatic heterocycles. The second kappa shape index (κ2) is 5.69. The third-order valence-electron chi connectivity index (χ3n) is 1.87. The Kier molecular flexibility index (Phi) is 4.51. The maximum absolute atomic E-state index is 9.06. The van der Waals surface area contributed by atoms with Crippen molar-refractivity contribution in [1.29, 1.82) is 0 Å². The molecule has 0 aliphatic rings. The molecule has 1 heterocycles. The predicted molar refractivity (Wildman–Crippen MR) is 50.5 cm³/mol. The molecule has 6 nitrogen and oxygen atoms in total. The van der Waals surface area contributed by atoms with Crippen LogP contribution in [0.2, 0.25) is 0 Å². The molecule has 0 saturated heterocycles. The van der Waals surface area contributed by atoms with Gasteiger partial charge in [-0.05, 0) is 6.92 Å². The van der Waals surface area contributed by atoms with Gasteiger partial charge in [-0.25, -0.2) is 9.67 Å². The minimum absolute atomic E-state index is 0.229. The van der Waals surface area contributed by atoms with Gasteiger partial charge in [0.1, 0.15) is 12.2 Å². The topological polar surface area (TPSA) is 83.2 Å². The summed E-state index contributed by atoms with van der Waals surface area (Å²) in [5.74, 6) is 0.831. The van der Waals surface area contributed by atoms with Crippen molar-refractivity contribution < 1.29 is 10.2 Å². The van der Waals surface area contributed by atoms with Crippen molar-refractivity contribution in [3.8, 4) is 0 Å². The molecular formula is C8H16N4O2. The number of aryl methyl sites for hydroxylation is 1. The van der Waals surface area contributed by atoms with Crippen LogP contribution in [0, 0.1) is 0 Å². The van der Waals surface area contributed by atoms with Crippen molar-refractivity contribution in [2.75, 3.05) is 13.2 Å². The first kappa shape index (κ1) is 11.1. The predicted octanol–water partition coefficient (Wildman–Crippen LogP) is -1.26. The highest BCUT2D eigenvalue weighted by Gasteiger charge is 2.04. The molecule has 0 fully saturated rings. The number of rotatable bonds is 6. The molecular weight excluding hydrogens is 184 g/mol. The van der Waals surface area contributed by atoms with Crippen LogP contribution in [0.1, 0.15) is 12.7 Å². The third kappa shape index (κ3) is 3.06. The SMILES string of the molecule is CCn1ncnc1CNCC(O)CO. The molecule has 0 aliphatic carbocycles. The van der Waals surface area contributed by atoms with E-state index >= 15 is 0 Å². The van der Waals surface area contributed by atoms with E-state index in [1.165, 1.54) is 6.33 Å². The maximum atomic E-state index is 9.06. The van der Waals surface area contributed by atoms with Crippen LogP contribution < -0.4 is 5.32 Å². The van der Waals surface area contributed by atoms with Gasteiger partial charge in [-0.2, -0.15) is 5.10 Å². The van der Waals surface area contributed by atoms with E-state index in [0.29, 0.717) is 13.1 Å². The van der Waals surface area contributed by atoms with Gasteiger partial charge in [0, 0.05) is 13.1 Å². The highest BCUT2D eigenvalue weighted by atomic mass is 16.3. The molecule has 14 heavy (non-hydrogen) atoms. The molecule has 1 atom stereocenters. The summed E-state index contributed by atoms with van der Waals surface area (Å²) < 4.78 is 1.78. The average molecular weight is 200 g/mol. The van der Waals surface area contributed by atoms with Crippen molar-refractivity contribution >= 4 is 0 Å². The minimum atomic E-state index is -0.715. The largest absolute Gasteiger partial charge is 0.394 e. The fourth-order valence-electron chi connectivity index (χ4n) is 1.10. The van der Waals surface area contributed by atoms with Crippen molar-refractivity contribution in [2.24, 2.45) is 0 Å². The summed E-state index contributed by atoms with van der Waals surface area (Å²) in [5.41, 5.74) is 0. The fraction of sp³-hybridized carbons (Fsp3) is 0.750. The van der Waals surface area contributed by atoms with Crippen LogP contribution in [0.15, 0.2) is 6.33 Å². The minimum Gasteiger partial charge on any atom is -0.394 e. The van der Waals surface area contributed by atoms with E-state index in [4.69, 9.17) is 10.2 Å². The number of nitrogens with zero attached hydrogens (tertiary/aromatic N) is 3. The van der Waals surface area contributed by atoms with Crippen molar-refractivity contribution in [2.45, 2.75) is 26.1 Å². The van der Waals surface area contributed by atoms with Gasteiger partial charge < -0.3 is 15.5 Å². The molecule has 6 heteroatoms. The Bertz CT molecular complexity index is 264. The Morgan fingerprint density at radius 1 is 1.64 bits per heavy atom. The van der Waals surface area contributed by atoms with E-state index in [9.17, 15) is 0 Å². The number of aromatic nitrogens is 3. The molecule has 0 bridgehead atoms. The first-order chi connectivity index (χ1) is 6.77. The molecule has 0 aromatic carbocycles. The highest BCUT2D eigenvalue weighted by molar-refractivity contribution is 4.83. The Hall–Kier alpha value is -0.980. The van der Waals surface area contributed by atoms with Gasteiger partial charge in [0.05, 0.1) is 19.3 Å². The Morgan fingerprint density at radius 3 is 3.07 bits per heavy atom. The maximum Gasteiger partial charge on any atom is 0.140 e. The van der Waals surface area contributed by atoms with Crippen molar-refractivity contribution in [3.05, 3.63) is 12.2 Å². The monoisotopic (exact) mass is 200 g/mol. The molecule has 1 aromatic rings. The molecule has 1 rings (SSSR count). The normalized spacial score (nSPS) is 13.1. The van der Waals surface area contributed by atoms with E-state index in [1.54, 1.807) is 4.68 Å². The molecule has 0 saturated carbocycles. The summed E-state index contributed by atoms with van der Waals surface area (Å²) in [6.07, 6.45) is 0.788. The molecule has 1 aromatic heterocycles. The second-order valence-corrected chi connectivity index (χ2v) is 2.96. The van der Waals surface area contributed by atoms with E-state index in [1.807, 2.05) is 6.92 Å². The van der Waals surface area contributed by atoms with Gasteiger partial charge in [0.2, 0.25) is 0 Å². The first-order valence-electron chi connectivity index (χ1n) is 4.64. The van der Waals surface area contributed by atoms with Crippen LogP contribution in [0.4, 0.5) is 0 Å². The van der Waals surface area contributed by atoms with Gasteiger partial charge in [-0.1, -0.05) is 0 Å². The van der Waals surface area contributed by atoms with E-state index < -0.39 is 6.10 Å². The zero-order valence-corrected chi connectivity index (χ0v) is 8.22. The van der Waals surface area contributed by atoms with Gasteiger partial charge >= 0.3 is 0 Å². The molecule has 80 valence electrons. The standard InChI is InChI=1S/C8H16N4O2/c1-2-12-8(10-6-11-12)4-9-3-7(14)5-13/h6-7,9,13-14H,2-5H2,1H3. The first-order valence-corrected chi connectivity index (χ1v) is 4.64. The van der Waals surface area contributed by atoms with Gasteiger partial charge in [-0.15, -0.1) is 0 Å². The quantitative estimate of drug-likeness (QED) is 0.534. The van der Waals surface area contributed by atoms with Crippen molar-refractivity contribution in [3.63, 3.8) is 0 Å². The van der Waals surface area contributed by atoms with Crippen LogP contribution in [-0.4, -0.2) is 44.2 Å². The molecule has 1 unspecified atom stereocenters. The van der Waals surface area contributed by atoms with E-state index in [2.05, 4.69) is 15.4 Å². The Balaban J connectivity index is 2.31. The van der Waals surface area contributed by atoms with E-state index in [0.717, 1.165) is 12.4 Å². The van der Waals surface area contributed by atoms with Gasteiger partial charge in [0.25, 0.3) is 0 Å². The highest BCUT2D eigenvalue weighted by Crippen LogP contribution is 1.92. The summed E-state index contributed by atoms with van der Waals surface area (Å²) in [6.45, 7) is 3.44. The fourth-order valence-corrected chi connectivity index (χ4v) is 1.10. The summed E-state index contributed by atoms with van der Waals surface area (Å²) in [4.78, 5) is 4.05. The number of hydrogen-bond acceptors (Lipinski definition) is 5. The lowest BCUT2D eigenvalue weighted by molar-refractivity contribution is 0.0940. The third-order valence-corrected chi connectivity index (χ3v) is 1.87. The Labute approximate surface area is 82.6 Å². The van der Waals surface area contributed by atoms with Crippen LogP contribution in [0.3, 0.4) is 0 Å². The summed E-state index contributed by atoms with van der Waals surface area (Å²) >= 11 is 0. The molecule has 0 spiro atoms. The molecule has 3 N–H and O–H groups in total. The Morgan fingerprint density at radius 2 is 2.43 bits per heavy atom. The lowest BCUT2D eigenvalue weighted by Crippen LogP contribution is -2.29. The van der Waals surface area contributed by atoms with Crippen LogP contribution in [-0.2, 0) is 13.1 Å². The number of aliphatic hydroxyl groups is 2. The van der Waals surface area contributed by atoms with Crippen LogP contribution in [0.5, 0.6) is 0 Å². The van der Waals surface area contributed by atoms with E-state index in [-0.39, 0.29) is 6.61 Å². The van der Waals surface area contributed by atoms with Crippen LogP contribution in [0.25, 0.3) is 0 Å². The van der Waals surface area contributed by atoms with Crippen LogP contribution >= 0.6 is 0 Å². The lowest BCUT2D eigenvalue weighted by Gasteiger charge is -2.08. The summed E-state index contributed by atoms with van der Waals surface area (Å²) in [6, 6.07) is 0. The smallest absolute Gasteiger partial charge is 0.140 e. The zero-order chi connectivity index (χ0) is 10.4. The number of nitrogens with one attached hydrogen (secondary N) is 1. The average Bonchev–Trinajstić information content (AvgIpc) is 2.65. The summed E-state index contributed by atoms with van der Waals surface area (Å²) in [7, 11) is 0. The summed E-state index contributed by atoms with van der Waals surface area (Å²) in [5, 5.41) is 24.6. The zero-order valence-electron chi connectivity index (χ0n) is 8.22. The van der Waals surface area contributed by atoms with Gasteiger partial charge in [0.15, 0.2) is 0 Å². The molecule has 0 radical (unpaired) electrons. The van der Waals surface area contributed by atoms with Gasteiger partial charge in [-0.3, -0.25) is 0 Å². The number of aliphatic hydroxyl groups excluding tert-OH is 2. The van der Waals surface area contributed by atoms with Crippen molar-refractivity contribution in [1.82, 2.24) is 20.1 Å². The number of hydrogen-bond donors (Lipinski definition) is 3. The molecule has 0 amide bonds. The second-order valence-electron chi connectivity index (χ2n) is 2.96.